The maximum absolute atomic E-state index is 13.3. The second-order valence-corrected chi connectivity index (χ2v) is 7.80. The third-order valence-corrected chi connectivity index (χ3v) is 5.28. The molecule has 1 aromatic heterocycles. The molecule has 0 atom stereocenters. The Labute approximate surface area is 187 Å². The SMILES string of the molecule is Cc1ccc(-c2ccc(=O)n(CC(=O)N(Cc3ccccc3)Cc3ccccc3)n2)cc1. The summed E-state index contributed by atoms with van der Waals surface area (Å²) in [4.78, 5) is 27.5. The molecule has 160 valence electrons. The molecule has 0 aliphatic heterocycles. The lowest BCUT2D eigenvalue weighted by Gasteiger charge is -2.23. The molecule has 4 aromatic rings. The van der Waals surface area contributed by atoms with Crippen molar-refractivity contribution in [3.63, 3.8) is 0 Å². The van der Waals surface area contributed by atoms with Gasteiger partial charge in [-0.15, -0.1) is 0 Å². The zero-order valence-electron chi connectivity index (χ0n) is 18.0. The predicted molar refractivity (Wildman–Crippen MR) is 126 cm³/mol. The second kappa shape index (κ2) is 9.88. The molecule has 5 heteroatoms. The van der Waals surface area contributed by atoms with Crippen molar-refractivity contribution in [2.75, 3.05) is 0 Å². The Hall–Kier alpha value is -3.99. The number of carbonyl (C=O) groups excluding carboxylic acids is 1. The smallest absolute Gasteiger partial charge is 0.267 e. The molecule has 0 fully saturated rings. The van der Waals surface area contributed by atoms with Crippen molar-refractivity contribution >= 4 is 5.91 Å². The van der Waals surface area contributed by atoms with Crippen molar-refractivity contribution < 1.29 is 4.79 Å². The van der Waals surface area contributed by atoms with Gasteiger partial charge < -0.3 is 4.90 Å². The molecule has 1 heterocycles. The van der Waals surface area contributed by atoms with Gasteiger partial charge in [0.1, 0.15) is 6.54 Å². The third kappa shape index (κ3) is 5.38. The lowest BCUT2D eigenvalue weighted by molar-refractivity contribution is -0.133. The van der Waals surface area contributed by atoms with Crippen molar-refractivity contribution in [3.8, 4) is 11.3 Å². The van der Waals surface area contributed by atoms with Crippen LogP contribution in [0.25, 0.3) is 11.3 Å². The summed E-state index contributed by atoms with van der Waals surface area (Å²) in [7, 11) is 0. The summed E-state index contributed by atoms with van der Waals surface area (Å²) in [5.41, 5.74) is 4.48. The van der Waals surface area contributed by atoms with Gasteiger partial charge in [-0.25, -0.2) is 4.68 Å². The van der Waals surface area contributed by atoms with Crippen LogP contribution in [0.2, 0.25) is 0 Å². The minimum Gasteiger partial charge on any atom is -0.332 e. The van der Waals surface area contributed by atoms with Crippen LogP contribution in [-0.2, 0) is 24.4 Å². The summed E-state index contributed by atoms with van der Waals surface area (Å²) >= 11 is 0. The van der Waals surface area contributed by atoms with Crippen molar-refractivity contribution in [3.05, 3.63) is 124 Å². The first-order chi connectivity index (χ1) is 15.6. The van der Waals surface area contributed by atoms with Crippen molar-refractivity contribution in [1.29, 1.82) is 0 Å². The Morgan fingerprint density at radius 3 is 1.91 bits per heavy atom. The summed E-state index contributed by atoms with van der Waals surface area (Å²) in [6, 6.07) is 30.8. The Balaban J connectivity index is 1.59. The first kappa shape index (κ1) is 21.2. The van der Waals surface area contributed by atoms with Crippen LogP contribution in [0.4, 0.5) is 0 Å². The van der Waals surface area contributed by atoms with E-state index in [-0.39, 0.29) is 18.0 Å². The van der Waals surface area contributed by atoms with Gasteiger partial charge in [0.2, 0.25) is 5.91 Å². The second-order valence-electron chi connectivity index (χ2n) is 7.80. The average molecular weight is 424 g/mol. The number of aryl methyl sites for hydroxylation is 1. The normalized spacial score (nSPS) is 10.7. The number of hydrogen-bond donors (Lipinski definition) is 0. The van der Waals surface area contributed by atoms with Gasteiger partial charge in [-0.3, -0.25) is 9.59 Å². The number of rotatable bonds is 7. The van der Waals surface area contributed by atoms with Gasteiger partial charge in [0.15, 0.2) is 0 Å². The van der Waals surface area contributed by atoms with Crippen LogP contribution < -0.4 is 5.56 Å². The van der Waals surface area contributed by atoms with Crippen molar-refractivity contribution in [2.45, 2.75) is 26.6 Å². The zero-order valence-corrected chi connectivity index (χ0v) is 18.0. The number of carbonyl (C=O) groups is 1. The lowest BCUT2D eigenvalue weighted by atomic mass is 10.1. The summed E-state index contributed by atoms with van der Waals surface area (Å²) in [5.74, 6) is -0.159. The Bertz CT molecular complexity index is 1190. The monoisotopic (exact) mass is 423 g/mol. The molecule has 3 aromatic carbocycles. The Kier molecular flexibility index (Phi) is 6.56. The molecule has 0 aliphatic carbocycles. The fourth-order valence-corrected chi connectivity index (χ4v) is 3.51. The summed E-state index contributed by atoms with van der Waals surface area (Å²) in [6.07, 6.45) is 0. The summed E-state index contributed by atoms with van der Waals surface area (Å²) in [6.45, 7) is 2.82. The minimum absolute atomic E-state index is 0.113. The molecule has 0 spiro atoms. The van der Waals surface area contributed by atoms with Crippen LogP contribution in [-0.4, -0.2) is 20.6 Å². The van der Waals surface area contributed by atoms with E-state index >= 15 is 0 Å². The zero-order chi connectivity index (χ0) is 22.3. The largest absolute Gasteiger partial charge is 0.332 e. The van der Waals surface area contributed by atoms with Gasteiger partial charge >= 0.3 is 0 Å². The molecule has 32 heavy (non-hydrogen) atoms. The van der Waals surface area contributed by atoms with Gasteiger partial charge in [0.05, 0.1) is 5.69 Å². The quantitative estimate of drug-likeness (QED) is 0.441. The highest BCUT2D eigenvalue weighted by Gasteiger charge is 2.17. The van der Waals surface area contributed by atoms with E-state index in [0.29, 0.717) is 18.8 Å². The first-order valence-electron chi connectivity index (χ1n) is 10.6. The van der Waals surface area contributed by atoms with E-state index in [1.54, 1.807) is 11.0 Å². The standard InChI is InChI=1S/C27H25N3O2/c1-21-12-14-24(15-13-21)25-16-17-26(31)30(28-25)20-27(32)29(18-22-8-4-2-5-9-22)19-23-10-6-3-7-11-23/h2-17H,18-20H2,1H3. The fourth-order valence-electron chi connectivity index (χ4n) is 3.51. The maximum atomic E-state index is 13.3. The molecule has 0 aliphatic rings. The number of benzene rings is 3. The van der Waals surface area contributed by atoms with E-state index in [4.69, 9.17) is 0 Å². The van der Waals surface area contributed by atoms with Crippen molar-refractivity contribution in [2.24, 2.45) is 0 Å². The van der Waals surface area contributed by atoms with Crippen LogP contribution in [0, 0.1) is 6.92 Å². The first-order valence-corrected chi connectivity index (χ1v) is 10.6. The highest BCUT2D eigenvalue weighted by Crippen LogP contribution is 2.16. The van der Waals surface area contributed by atoms with Gasteiger partial charge in [-0.05, 0) is 24.1 Å². The number of aromatic nitrogens is 2. The summed E-state index contributed by atoms with van der Waals surface area (Å²) in [5, 5.41) is 4.47. The van der Waals surface area contributed by atoms with Gasteiger partial charge in [-0.2, -0.15) is 5.10 Å². The molecular weight excluding hydrogens is 398 g/mol. The third-order valence-electron chi connectivity index (χ3n) is 5.28. The van der Waals surface area contributed by atoms with Crippen molar-refractivity contribution in [1.82, 2.24) is 14.7 Å². The lowest BCUT2D eigenvalue weighted by Crippen LogP contribution is -2.36. The highest BCUT2D eigenvalue weighted by molar-refractivity contribution is 5.76. The van der Waals surface area contributed by atoms with Gasteiger partial charge in [0.25, 0.3) is 5.56 Å². The fraction of sp³-hybridized carbons (Fsp3) is 0.148. The average Bonchev–Trinajstić information content (AvgIpc) is 2.82. The molecule has 4 rings (SSSR count). The number of amides is 1. The van der Waals surface area contributed by atoms with Crippen LogP contribution in [0.5, 0.6) is 0 Å². The topological polar surface area (TPSA) is 55.2 Å². The van der Waals surface area contributed by atoms with E-state index in [1.807, 2.05) is 91.9 Å². The molecule has 0 saturated heterocycles. The van der Waals surface area contributed by atoms with Gasteiger partial charge in [-0.1, -0.05) is 90.5 Å². The molecular formula is C27H25N3O2. The van der Waals surface area contributed by atoms with Crippen LogP contribution in [0.15, 0.2) is 102 Å². The van der Waals surface area contributed by atoms with Crippen LogP contribution >= 0.6 is 0 Å². The molecule has 5 nitrogen and oxygen atoms in total. The van der Waals surface area contributed by atoms with Gasteiger partial charge in [0, 0.05) is 24.7 Å². The minimum atomic E-state index is -0.298. The molecule has 0 saturated carbocycles. The van der Waals surface area contributed by atoms with E-state index < -0.39 is 0 Å². The predicted octanol–water partition coefficient (Wildman–Crippen LogP) is 4.45. The molecule has 0 unspecified atom stereocenters. The number of hydrogen-bond acceptors (Lipinski definition) is 3. The van der Waals surface area contributed by atoms with E-state index in [0.717, 1.165) is 22.3 Å². The van der Waals surface area contributed by atoms with E-state index in [2.05, 4.69) is 5.10 Å². The highest BCUT2D eigenvalue weighted by atomic mass is 16.2. The Morgan fingerprint density at radius 2 is 1.34 bits per heavy atom. The summed E-state index contributed by atoms with van der Waals surface area (Å²) < 4.78 is 1.25. The molecule has 1 amide bonds. The molecule has 0 bridgehead atoms. The van der Waals surface area contributed by atoms with Crippen LogP contribution in [0.3, 0.4) is 0 Å². The number of nitrogens with zero attached hydrogens (tertiary/aromatic N) is 3. The Morgan fingerprint density at radius 1 is 0.781 bits per heavy atom. The van der Waals surface area contributed by atoms with E-state index in [9.17, 15) is 9.59 Å². The molecule has 0 N–H and O–H groups in total. The molecule has 0 radical (unpaired) electrons. The van der Waals surface area contributed by atoms with Crippen LogP contribution in [0.1, 0.15) is 16.7 Å². The maximum Gasteiger partial charge on any atom is 0.267 e. The van der Waals surface area contributed by atoms with E-state index in [1.165, 1.54) is 10.7 Å².